The van der Waals surface area contributed by atoms with E-state index in [1.165, 1.54) is 0 Å². The molecule has 0 saturated carbocycles. The largest absolute Gasteiger partial charge is 0.341 e. The van der Waals surface area contributed by atoms with E-state index >= 15 is 0 Å². The topological polar surface area (TPSA) is 50.2 Å². The summed E-state index contributed by atoms with van der Waals surface area (Å²) in [4.78, 5) is 19.4. The Balaban J connectivity index is 1.59. The fourth-order valence-electron chi connectivity index (χ4n) is 3.58. The maximum atomic E-state index is 12.6. The van der Waals surface area contributed by atoms with Crippen molar-refractivity contribution in [3.8, 4) is 5.69 Å². The zero-order chi connectivity index (χ0) is 17.8. The van der Waals surface area contributed by atoms with Gasteiger partial charge in [-0.05, 0) is 37.2 Å². The summed E-state index contributed by atoms with van der Waals surface area (Å²) in [6, 6.07) is 18.4. The second-order valence-electron chi connectivity index (χ2n) is 6.67. The molecule has 5 nitrogen and oxygen atoms in total. The number of nitrogens with zero attached hydrogens (tertiary/aromatic N) is 3. The van der Waals surface area contributed by atoms with Gasteiger partial charge in [-0.25, -0.2) is 4.98 Å². The maximum Gasteiger partial charge on any atom is 0.223 e. The van der Waals surface area contributed by atoms with Crippen molar-refractivity contribution < 1.29 is 4.79 Å². The van der Waals surface area contributed by atoms with E-state index in [1.54, 1.807) is 0 Å². The Morgan fingerprint density at radius 2 is 1.81 bits per heavy atom. The lowest BCUT2D eigenvalue weighted by atomic mass is 10.2. The van der Waals surface area contributed by atoms with Crippen LogP contribution in [0.1, 0.15) is 18.7 Å². The first-order chi connectivity index (χ1) is 12.8. The van der Waals surface area contributed by atoms with Gasteiger partial charge in [0.25, 0.3) is 0 Å². The Hall–Kier alpha value is -2.66. The number of carbonyl (C=O) groups excluding carboxylic acids is 1. The van der Waals surface area contributed by atoms with E-state index < -0.39 is 0 Å². The molecular weight excluding hydrogens is 324 g/mol. The van der Waals surface area contributed by atoms with Gasteiger partial charge in [-0.15, -0.1) is 0 Å². The van der Waals surface area contributed by atoms with Crippen molar-refractivity contribution in [2.75, 3.05) is 26.2 Å². The van der Waals surface area contributed by atoms with Gasteiger partial charge in [-0.3, -0.25) is 9.36 Å². The first-order valence-corrected chi connectivity index (χ1v) is 9.33. The zero-order valence-electron chi connectivity index (χ0n) is 14.9. The predicted octanol–water partition coefficient (Wildman–Crippen LogP) is 2.78. The van der Waals surface area contributed by atoms with Crippen molar-refractivity contribution >= 4 is 16.9 Å². The summed E-state index contributed by atoms with van der Waals surface area (Å²) < 4.78 is 2.17. The molecule has 134 valence electrons. The smallest absolute Gasteiger partial charge is 0.223 e. The third-order valence-electron chi connectivity index (χ3n) is 4.90. The molecule has 1 aliphatic heterocycles. The lowest BCUT2D eigenvalue weighted by molar-refractivity contribution is -0.131. The molecule has 1 fully saturated rings. The highest BCUT2D eigenvalue weighted by atomic mass is 16.2. The lowest BCUT2D eigenvalue weighted by Gasteiger charge is -2.20. The highest BCUT2D eigenvalue weighted by molar-refractivity contribution is 5.79. The molecular formula is C21H24N4O. The van der Waals surface area contributed by atoms with Crippen LogP contribution in [-0.2, 0) is 11.2 Å². The van der Waals surface area contributed by atoms with Crippen LogP contribution < -0.4 is 5.32 Å². The number of benzene rings is 2. The first kappa shape index (κ1) is 16.8. The summed E-state index contributed by atoms with van der Waals surface area (Å²) >= 11 is 0. The molecule has 0 atom stereocenters. The number of hydrogen-bond acceptors (Lipinski definition) is 3. The summed E-state index contributed by atoms with van der Waals surface area (Å²) in [5, 5.41) is 3.34. The van der Waals surface area contributed by atoms with Crippen LogP contribution in [0.25, 0.3) is 16.7 Å². The zero-order valence-corrected chi connectivity index (χ0v) is 14.9. The van der Waals surface area contributed by atoms with E-state index in [0.717, 1.165) is 55.1 Å². The van der Waals surface area contributed by atoms with Gasteiger partial charge in [-0.2, -0.15) is 0 Å². The number of para-hydroxylation sites is 3. The number of aromatic nitrogens is 2. The number of amides is 1. The number of carbonyl (C=O) groups is 1. The van der Waals surface area contributed by atoms with E-state index in [4.69, 9.17) is 4.98 Å². The summed E-state index contributed by atoms with van der Waals surface area (Å²) in [6.07, 6.45) is 2.16. The number of nitrogens with one attached hydrogen (secondary N) is 1. The maximum absolute atomic E-state index is 12.6. The summed E-state index contributed by atoms with van der Waals surface area (Å²) in [5.41, 5.74) is 3.14. The Morgan fingerprint density at radius 3 is 2.69 bits per heavy atom. The minimum Gasteiger partial charge on any atom is -0.341 e. The molecule has 0 aliphatic carbocycles. The summed E-state index contributed by atoms with van der Waals surface area (Å²) in [6.45, 7) is 3.52. The molecule has 5 heteroatoms. The van der Waals surface area contributed by atoms with Crippen molar-refractivity contribution in [1.82, 2.24) is 19.8 Å². The van der Waals surface area contributed by atoms with Crippen LogP contribution in [0, 0.1) is 0 Å². The molecule has 1 amide bonds. The van der Waals surface area contributed by atoms with Gasteiger partial charge in [0, 0.05) is 38.2 Å². The van der Waals surface area contributed by atoms with Gasteiger partial charge in [0.1, 0.15) is 5.82 Å². The van der Waals surface area contributed by atoms with Crippen molar-refractivity contribution in [3.05, 3.63) is 60.4 Å². The highest BCUT2D eigenvalue weighted by Gasteiger charge is 2.18. The summed E-state index contributed by atoms with van der Waals surface area (Å²) in [7, 11) is 0. The standard InChI is InChI=1S/C21H24N4O/c26-21(24-15-6-13-22-14-16-24)12-11-20-23-18-9-4-5-10-19(18)25(20)17-7-2-1-3-8-17/h1-5,7-10,22H,6,11-16H2. The molecule has 0 spiro atoms. The normalized spacial score (nSPS) is 15.2. The molecule has 0 bridgehead atoms. The molecule has 2 aromatic carbocycles. The minimum atomic E-state index is 0.223. The van der Waals surface area contributed by atoms with Crippen molar-refractivity contribution in [1.29, 1.82) is 0 Å². The van der Waals surface area contributed by atoms with Gasteiger partial charge in [0.15, 0.2) is 0 Å². The van der Waals surface area contributed by atoms with E-state index in [0.29, 0.717) is 12.8 Å². The second kappa shape index (κ2) is 7.70. The van der Waals surface area contributed by atoms with Crippen LogP contribution in [0.4, 0.5) is 0 Å². The molecule has 26 heavy (non-hydrogen) atoms. The van der Waals surface area contributed by atoms with Crippen LogP contribution in [0.5, 0.6) is 0 Å². The lowest BCUT2D eigenvalue weighted by Crippen LogP contribution is -2.34. The number of rotatable bonds is 4. The van der Waals surface area contributed by atoms with Crippen LogP contribution in [0.2, 0.25) is 0 Å². The molecule has 1 saturated heterocycles. The quantitative estimate of drug-likeness (QED) is 0.789. The van der Waals surface area contributed by atoms with Gasteiger partial charge in [-0.1, -0.05) is 30.3 Å². The monoisotopic (exact) mass is 348 g/mol. The van der Waals surface area contributed by atoms with Crippen LogP contribution in [-0.4, -0.2) is 46.5 Å². The first-order valence-electron chi connectivity index (χ1n) is 9.33. The second-order valence-corrected chi connectivity index (χ2v) is 6.67. The Bertz CT molecular complexity index is 879. The van der Waals surface area contributed by atoms with Crippen LogP contribution in [0.15, 0.2) is 54.6 Å². The molecule has 0 unspecified atom stereocenters. The summed E-state index contributed by atoms with van der Waals surface area (Å²) in [5.74, 6) is 1.17. The number of hydrogen-bond donors (Lipinski definition) is 1. The van der Waals surface area contributed by atoms with Gasteiger partial charge in [0.2, 0.25) is 5.91 Å². The SMILES string of the molecule is O=C(CCc1nc2ccccc2n1-c1ccccc1)N1CCCNCC1. The van der Waals surface area contributed by atoms with Gasteiger partial charge >= 0.3 is 0 Å². The van der Waals surface area contributed by atoms with E-state index in [1.807, 2.05) is 41.3 Å². The molecule has 3 aromatic rings. The van der Waals surface area contributed by atoms with Crippen molar-refractivity contribution in [2.24, 2.45) is 0 Å². The molecule has 1 aromatic heterocycles. The fraction of sp³-hybridized carbons (Fsp3) is 0.333. The number of fused-ring (bicyclic) bond motifs is 1. The minimum absolute atomic E-state index is 0.223. The van der Waals surface area contributed by atoms with Crippen molar-refractivity contribution in [2.45, 2.75) is 19.3 Å². The number of imidazole rings is 1. The van der Waals surface area contributed by atoms with Gasteiger partial charge in [0.05, 0.1) is 11.0 Å². The Kier molecular flexibility index (Phi) is 4.97. The molecule has 1 aliphatic rings. The van der Waals surface area contributed by atoms with Crippen molar-refractivity contribution in [3.63, 3.8) is 0 Å². The van der Waals surface area contributed by atoms with Crippen LogP contribution >= 0.6 is 0 Å². The predicted molar refractivity (Wildman–Crippen MR) is 103 cm³/mol. The van der Waals surface area contributed by atoms with E-state index in [2.05, 4.69) is 28.1 Å². The fourth-order valence-corrected chi connectivity index (χ4v) is 3.58. The van der Waals surface area contributed by atoms with E-state index in [9.17, 15) is 4.79 Å². The molecule has 0 radical (unpaired) electrons. The molecule has 1 N–H and O–H groups in total. The molecule has 2 heterocycles. The average molecular weight is 348 g/mol. The number of aryl methyl sites for hydroxylation is 1. The van der Waals surface area contributed by atoms with Gasteiger partial charge < -0.3 is 10.2 Å². The highest BCUT2D eigenvalue weighted by Crippen LogP contribution is 2.22. The van der Waals surface area contributed by atoms with E-state index in [-0.39, 0.29) is 5.91 Å². The molecule has 4 rings (SSSR count). The third-order valence-corrected chi connectivity index (χ3v) is 4.90. The van der Waals surface area contributed by atoms with Crippen LogP contribution in [0.3, 0.4) is 0 Å². The third kappa shape index (κ3) is 3.48. The average Bonchev–Trinajstić information content (AvgIpc) is 2.85. The Labute approximate surface area is 153 Å². The Morgan fingerprint density at radius 1 is 1.00 bits per heavy atom.